The van der Waals surface area contributed by atoms with Crippen LogP contribution in [0.5, 0.6) is 5.75 Å². The quantitative estimate of drug-likeness (QED) is 0.886. The zero-order valence-electron chi connectivity index (χ0n) is 13.3. The zero-order valence-corrected chi connectivity index (χ0v) is 13.3. The highest BCUT2D eigenvalue weighted by Gasteiger charge is 2.67. The maximum Gasteiger partial charge on any atom is 0.119 e. The lowest BCUT2D eigenvalue weighted by Crippen LogP contribution is -2.22. The van der Waals surface area contributed by atoms with Gasteiger partial charge in [-0.05, 0) is 54.0 Å². The second-order valence-corrected chi connectivity index (χ2v) is 6.91. The Bertz CT molecular complexity index is 462. The van der Waals surface area contributed by atoms with Crippen LogP contribution in [0.1, 0.15) is 44.9 Å². The fourth-order valence-corrected chi connectivity index (χ4v) is 3.71. The van der Waals surface area contributed by atoms with E-state index in [1.807, 2.05) is 0 Å². The molecular weight excluding hydrogens is 234 g/mol. The van der Waals surface area contributed by atoms with Crippen LogP contribution in [0.4, 0.5) is 0 Å². The molecule has 0 amide bonds. The third-order valence-electron chi connectivity index (χ3n) is 5.59. The lowest BCUT2D eigenvalue weighted by atomic mass is 9.93. The van der Waals surface area contributed by atoms with Crippen LogP contribution in [-0.4, -0.2) is 14.2 Å². The summed E-state index contributed by atoms with van der Waals surface area (Å²) in [7, 11) is 3.79. The van der Waals surface area contributed by atoms with Crippen LogP contribution in [0.3, 0.4) is 0 Å². The number of methoxy groups -OCH3 is 1. The van der Waals surface area contributed by atoms with Gasteiger partial charge in [0.2, 0.25) is 0 Å². The van der Waals surface area contributed by atoms with E-state index in [2.05, 4.69) is 65.2 Å². The van der Waals surface area contributed by atoms with Crippen molar-refractivity contribution in [1.82, 2.24) is 5.32 Å². The number of nitrogens with one attached hydrogen (secondary N) is 1. The van der Waals surface area contributed by atoms with Gasteiger partial charge in [0.15, 0.2) is 0 Å². The molecule has 1 saturated carbocycles. The molecule has 1 aromatic rings. The van der Waals surface area contributed by atoms with Crippen molar-refractivity contribution in [3.05, 3.63) is 29.3 Å². The summed E-state index contributed by atoms with van der Waals surface area (Å²) in [5.41, 5.74) is 3.46. The minimum atomic E-state index is 0.382. The van der Waals surface area contributed by atoms with Crippen LogP contribution in [0.15, 0.2) is 18.2 Å². The van der Waals surface area contributed by atoms with Crippen LogP contribution >= 0.6 is 0 Å². The Morgan fingerprint density at radius 3 is 2.11 bits per heavy atom. The smallest absolute Gasteiger partial charge is 0.119 e. The predicted octanol–water partition coefficient (Wildman–Crippen LogP) is 3.95. The topological polar surface area (TPSA) is 21.3 Å². The summed E-state index contributed by atoms with van der Waals surface area (Å²) in [5, 5.41) is 3.53. The molecule has 1 N–H and O–H groups in total. The molecule has 0 radical (unpaired) electrons. The summed E-state index contributed by atoms with van der Waals surface area (Å²) in [5.74, 6) is 1.60. The second kappa shape index (κ2) is 4.52. The standard InChI is InChI=1S/C17H27NO/c1-11-10-12(19-7)8-9-13(11)14(18-6)15-16(2,3)17(15,4)5/h8-10,14-15,18H,1-7H3. The Morgan fingerprint density at radius 1 is 1.16 bits per heavy atom. The van der Waals surface area contributed by atoms with E-state index in [1.54, 1.807) is 7.11 Å². The van der Waals surface area contributed by atoms with E-state index < -0.39 is 0 Å². The third-order valence-corrected chi connectivity index (χ3v) is 5.59. The molecule has 1 fully saturated rings. The van der Waals surface area contributed by atoms with Gasteiger partial charge in [-0.15, -0.1) is 0 Å². The molecule has 2 heteroatoms. The predicted molar refractivity (Wildman–Crippen MR) is 80.6 cm³/mol. The lowest BCUT2D eigenvalue weighted by Gasteiger charge is -2.21. The van der Waals surface area contributed by atoms with Gasteiger partial charge in [-0.2, -0.15) is 0 Å². The van der Waals surface area contributed by atoms with E-state index >= 15 is 0 Å². The first-order valence-electron chi connectivity index (χ1n) is 7.09. The summed E-state index contributed by atoms with van der Waals surface area (Å²) in [6, 6.07) is 6.81. The molecule has 106 valence electrons. The first-order valence-corrected chi connectivity index (χ1v) is 7.09. The number of aryl methyl sites for hydroxylation is 1. The van der Waals surface area contributed by atoms with Gasteiger partial charge in [-0.25, -0.2) is 0 Å². The van der Waals surface area contributed by atoms with Crippen molar-refractivity contribution < 1.29 is 4.74 Å². The van der Waals surface area contributed by atoms with Crippen molar-refractivity contribution in [3.63, 3.8) is 0 Å². The number of hydrogen-bond acceptors (Lipinski definition) is 2. The Balaban J connectivity index is 2.35. The molecule has 1 aromatic carbocycles. The summed E-state index contributed by atoms with van der Waals surface area (Å²) < 4.78 is 5.30. The van der Waals surface area contributed by atoms with Gasteiger partial charge in [0.25, 0.3) is 0 Å². The van der Waals surface area contributed by atoms with Gasteiger partial charge in [0, 0.05) is 6.04 Å². The summed E-state index contributed by atoms with van der Waals surface area (Å²) in [6.45, 7) is 11.7. The van der Waals surface area contributed by atoms with E-state index in [9.17, 15) is 0 Å². The van der Waals surface area contributed by atoms with Crippen molar-refractivity contribution in [1.29, 1.82) is 0 Å². The maximum absolute atomic E-state index is 5.30. The van der Waals surface area contributed by atoms with Gasteiger partial charge in [-0.3, -0.25) is 0 Å². The van der Waals surface area contributed by atoms with Gasteiger partial charge >= 0.3 is 0 Å². The Labute approximate surface area is 117 Å². The van der Waals surface area contributed by atoms with Crippen LogP contribution in [0.25, 0.3) is 0 Å². The van der Waals surface area contributed by atoms with Crippen molar-refractivity contribution in [2.75, 3.05) is 14.2 Å². The molecule has 2 nitrogen and oxygen atoms in total. The number of hydrogen-bond donors (Lipinski definition) is 1. The molecule has 0 saturated heterocycles. The molecule has 1 aliphatic rings. The second-order valence-electron chi connectivity index (χ2n) is 6.91. The SMILES string of the molecule is CNC(c1ccc(OC)cc1C)C1C(C)(C)C1(C)C. The van der Waals surface area contributed by atoms with Gasteiger partial charge in [0.1, 0.15) is 5.75 Å². The molecular formula is C17H27NO. The van der Waals surface area contributed by atoms with E-state index in [0.29, 0.717) is 22.8 Å². The minimum Gasteiger partial charge on any atom is -0.497 e. The molecule has 1 unspecified atom stereocenters. The molecule has 0 bridgehead atoms. The molecule has 0 aliphatic heterocycles. The first-order chi connectivity index (χ1) is 8.77. The van der Waals surface area contributed by atoms with E-state index in [0.717, 1.165) is 5.75 Å². The zero-order chi connectivity index (χ0) is 14.4. The highest BCUT2D eigenvalue weighted by molar-refractivity contribution is 5.39. The van der Waals surface area contributed by atoms with Gasteiger partial charge in [-0.1, -0.05) is 33.8 Å². The maximum atomic E-state index is 5.30. The largest absolute Gasteiger partial charge is 0.497 e. The van der Waals surface area contributed by atoms with Gasteiger partial charge < -0.3 is 10.1 Å². The Morgan fingerprint density at radius 2 is 1.74 bits per heavy atom. The van der Waals surface area contributed by atoms with Crippen molar-refractivity contribution in [2.24, 2.45) is 16.7 Å². The van der Waals surface area contributed by atoms with E-state index in [1.165, 1.54) is 11.1 Å². The third kappa shape index (κ3) is 2.06. The minimum absolute atomic E-state index is 0.382. The lowest BCUT2D eigenvalue weighted by molar-refractivity contribution is 0.411. The molecule has 1 aliphatic carbocycles. The van der Waals surface area contributed by atoms with Crippen molar-refractivity contribution in [2.45, 2.75) is 40.7 Å². The number of rotatable bonds is 4. The molecule has 0 heterocycles. The molecule has 1 atom stereocenters. The van der Waals surface area contributed by atoms with Crippen LogP contribution in [0.2, 0.25) is 0 Å². The molecule has 0 aromatic heterocycles. The van der Waals surface area contributed by atoms with Crippen molar-refractivity contribution in [3.8, 4) is 5.75 Å². The van der Waals surface area contributed by atoms with Gasteiger partial charge in [0.05, 0.1) is 7.11 Å². The Kier molecular flexibility index (Phi) is 3.42. The highest BCUT2D eigenvalue weighted by Crippen LogP contribution is 2.72. The number of ether oxygens (including phenoxy) is 1. The monoisotopic (exact) mass is 261 g/mol. The molecule has 2 rings (SSSR count). The van der Waals surface area contributed by atoms with Crippen molar-refractivity contribution >= 4 is 0 Å². The summed E-state index contributed by atoms with van der Waals surface area (Å²) >= 11 is 0. The highest BCUT2D eigenvalue weighted by atomic mass is 16.5. The van der Waals surface area contributed by atoms with E-state index in [4.69, 9.17) is 4.74 Å². The fraction of sp³-hybridized carbons (Fsp3) is 0.647. The first kappa shape index (κ1) is 14.4. The summed E-state index contributed by atoms with van der Waals surface area (Å²) in [4.78, 5) is 0. The van der Waals surface area contributed by atoms with Crippen LogP contribution in [0, 0.1) is 23.7 Å². The number of benzene rings is 1. The van der Waals surface area contributed by atoms with Crippen LogP contribution in [-0.2, 0) is 0 Å². The average molecular weight is 261 g/mol. The van der Waals surface area contributed by atoms with Crippen LogP contribution < -0.4 is 10.1 Å². The molecule has 19 heavy (non-hydrogen) atoms. The Hall–Kier alpha value is -1.02. The average Bonchev–Trinajstić information content (AvgIpc) is 2.74. The van der Waals surface area contributed by atoms with E-state index in [-0.39, 0.29) is 0 Å². The normalized spacial score (nSPS) is 22.1. The summed E-state index contributed by atoms with van der Waals surface area (Å²) in [6.07, 6.45) is 0. The fourth-order valence-electron chi connectivity index (χ4n) is 3.71. The molecule has 0 spiro atoms.